The van der Waals surface area contributed by atoms with Gasteiger partial charge in [-0.2, -0.15) is 0 Å². The molecule has 2 nitrogen and oxygen atoms in total. The number of hydrogen-bond donors (Lipinski definition) is 0. The van der Waals surface area contributed by atoms with Crippen LogP contribution < -0.4 is 9.13 Å². The Hall–Kier alpha value is -2.55. The maximum absolute atomic E-state index is 16.5. The topological polar surface area (TPSA) is 7.76 Å². The highest BCUT2D eigenvalue weighted by molar-refractivity contribution is 5.64. The molecule has 108 valence electrons. The van der Waals surface area contributed by atoms with Crippen LogP contribution in [-0.4, -0.2) is 0 Å². The van der Waals surface area contributed by atoms with E-state index in [0.717, 1.165) is 22.6 Å². The number of alkyl halides is 1. The van der Waals surface area contributed by atoms with Gasteiger partial charge >= 0.3 is 5.92 Å². The van der Waals surface area contributed by atoms with Crippen LogP contribution in [-0.2, 0) is 5.92 Å². The van der Waals surface area contributed by atoms with Gasteiger partial charge in [-0.05, 0) is 24.3 Å². The lowest BCUT2D eigenvalue weighted by molar-refractivity contribution is -1.01. The van der Waals surface area contributed by atoms with Crippen molar-refractivity contribution in [2.45, 2.75) is 19.8 Å². The second-order valence-electron chi connectivity index (χ2n) is 5.73. The molecular formula is C19H17FN2+2. The predicted molar refractivity (Wildman–Crippen MR) is 81.8 cm³/mol. The monoisotopic (exact) mass is 292 g/mol. The van der Waals surface area contributed by atoms with E-state index in [1.54, 1.807) is 9.13 Å². The molecule has 1 unspecified atom stereocenters. The van der Waals surface area contributed by atoms with E-state index in [1.165, 1.54) is 0 Å². The zero-order valence-electron chi connectivity index (χ0n) is 12.6. The van der Waals surface area contributed by atoms with Gasteiger partial charge in [-0.15, -0.1) is 8.96 Å². The van der Waals surface area contributed by atoms with Crippen LogP contribution in [0.5, 0.6) is 0 Å². The molecule has 0 fully saturated rings. The molecule has 3 aromatic rings. The average Bonchev–Trinajstić information content (AvgIpc) is 2.79. The lowest BCUT2D eigenvalue weighted by Crippen LogP contribution is -2.72. The fourth-order valence-corrected chi connectivity index (χ4v) is 3.48. The maximum atomic E-state index is 16.5. The van der Waals surface area contributed by atoms with Crippen molar-refractivity contribution in [3.63, 3.8) is 0 Å². The quantitative estimate of drug-likeness (QED) is 0.609. The second kappa shape index (κ2) is 4.47. The van der Waals surface area contributed by atoms with Gasteiger partial charge in [-0.3, -0.25) is 0 Å². The molecule has 22 heavy (non-hydrogen) atoms. The molecule has 0 saturated heterocycles. The van der Waals surface area contributed by atoms with Gasteiger partial charge in [0.25, 0.3) is 0 Å². The number of halogens is 1. The summed E-state index contributed by atoms with van der Waals surface area (Å²) in [6.45, 7) is 3.89. The van der Waals surface area contributed by atoms with E-state index >= 15 is 4.39 Å². The van der Waals surface area contributed by atoms with Crippen molar-refractivity contribution in [3.05, 3.63) is 83.8 Å². The molecular weight excluding hydrogens is 275 g/mol. The maximum Gasteiger partial charge on any atom is 0.549 e. The third-order valence-corrected chi connectivity index (χ3v) is 4.40. The summed E-state index contributed by atoms with van der Waals surface area (Å²) in [6.07, 6.45) is 1.81. The third-order valence-electron chi connectivity index (χ3n) is 4.40. The van der Waals surface area contributed by atoms with E-state index in [0.29, 0.717) is 5.56 Å². The van der Waals surface area contributed by atoms with Crippen LogP contribution in [0.2, 0.25) is 0 Å². The van der Waals surface area contributed by atoms with Crippen molar-refractivity contribution in [3.8, 4) is 11.3 Å². The molecule has 0 aliphatic carbocycles. The van der Waals surface area contributed by atoms with E-state index in [2.05, 4.69) is 0 Å². The van der Waals surface area contributed by atoms with E-state index in [4.69, 9.17) is 0 Å². The van der Waals surface area contributed by atoms with Crippen molar-refractivity contribution in [2.75, 3.05) is 0 Å². The largest absolute Gasteiger partial charge is 0.549 e. The molecule has 3 heteroatoms. The molecule has 3 heterocycles. The van der Waals surface area contributed by atoms with Crippen molar-refractivity contribution < 1.29 is 13.5 Å². The van der Waals surface area contributed by atoms with Crippen LogP contribution in [0, 0.1) is 13.8 Å². The van der Waals surface area contributed by atoms with Crippen LogP contribution in [0.4, 0.5) is 4.39 Å². The summed E-state index contributed by atoms with van der Waals surface area (Å²) in [7, 11) is 0. The van der Waals surface area contributed by atoms with E-state index in [-0.39, 0.29) is 0 Å². The first kappa shape index (κ1) is 13.1. The van der Waals surface area contributed by atoms with Crippen LogP contribution in [0.15, 0.2) is 66.9 Å². The van der Waals surface area contributed by atoms with Crippen LogP contribution in [0.1, 0.15) is 17.0 Å². The van der Waals surface area contributed by atoms with Gasteiger partial charge in [0.05, 0.1) is 5.56 Å². The highest BCUT2D eigenvalue weighted by atomic mass is 19.1. The number of pyridine rings is 2. The van der Waals surface area contributed by atoms with E-state index in [1.807, 2.05) is 80.7 Å². The van der Waals surface area contributed by atoms with Gasteiger partial charge in [-0.1, -0.05) is 16.7 Å². The highest BCUT2D eigenvalue weighted by Gasteiger charge is 2.62. The van der Waals surface area contributed by atoms with Gasteiger partial charge in [0.15, 0.2) is 17.6 Å². The minimum Gasteiger partial charge on any atom is -0.102 e. The molecule has 0 radical (unpaired) electrons. The Balaban J connectivity index is 2.14. The lowest BCUT2D eigenvalue weighted by Gasteiger charge is -2.14. The van der Waals surface area contributed by atoms with Gasteiger partial charge in [0.1, 0.15) is 5.56 Å². The Morgan fingerprint density at radius 1 is 0.818 bits per heavy atom. The van der Waals surface area contributed by atoms with Gasteiger partial charge in [0, 0.05) is 38.1 Å². The minimum atomic E-state index is -1.73. The smallest absolute Gasteiger partial charge is 0.102 e. The number of aromatic nitrogens is 2. The Morgan fingerprint density at radius 3 is 2.27 bits per heavy atom. The number of hydrogen-bond acceptors (Lipinski definition) is 0. The third kappa shape index (κ3) is 1.54. The first-order valence-corrected chi connectivity index (χ1v) is 7.43. The number of fused-ring (bicyclic) bond motifs is 3. The highest BCUT2D eigenvalue weighted by Crippen LogP contribution is 2.36. The second-order valence-corrected chi connectivity index (χ2v) is 5.73. The molecule has 1 aromatic carbocycles. The first-order valence-electron chi connectivity index (χ1n) is 7.43. The predicted octanol–water partition coefficient (Wildman–Crippen LogP) is 3.04. The Labute approximate surface area is 129 Å². The number of benzene rings is 1. The summed E-state index contributed by atoms with van der Waals surface area (Å²) in [4.78, 5) is 0. The number of aryl methyl sites for hydroxylation is 2. The Bertz CT molecular complexity index is 820. The summed E-state index contributed by atoms with van der Waals surface area (Å²) in [5.41, 5.74) is 4.31. The summed E-state index contributed by atoms with van der Waals surface area (Å²) < 4.78 is 20.0. The van der Waals surface area contributed by atoms with Crippen LogP contribution in [0.3, 0.4) is 0 Å². The number of rotatable bonds is 1. The van der Waals surface area contributed by atoms with E-state index in [9.17, 15) is 0 Å². The Kier molecular flexibility index (Phi) is 2.67. The summed E-state index contributed by atoms with van der Waals surface area (Å²) in [5, 5.41) is 0. The van der Waals surface area contributed by atoms with Crippen molar-refractivity contribution in [1.29, 1.82) is 0 Å². The fraction of sp³-hybridized carbons (Fsp3) is 0.158. The molecule has 1 atom stereocenters. The van der Waals surface area contributed by atoms with Crippen LogP contribution >= 0.6 is 0 Å². The zero-order valence-corrected chi connectivity index (χ0v) is 12.6. The van der Waals surface area contributed by atoms with Crippen LogP contribution in [0.25, 0.3) is 11.3 Å². The molecule has 0 bridgehead atoms. The molecule has 4 rings (SSSR count). The fourth-order valence-electron chi connectivity index (χ4n) is 3.48. The average molecular weight is 292 g/mol. The molecule has 0 spiro atoms. The molecule has 1 aliphatic heterocycles. The van der Waals surface area contributed by atoms with Crippen molar-refractivity contribution in [2.24, 2.45) is 0 Å². The first-order chi connectivity index (χ1) is 10.6. The molecule has 2 aromatic heterocycles. The Morgan fingerprint density at radius 2 is 1.50 bits per heavy atom. The minimum absolute atomic E-state index is 0.684. The summed E-state index contributed by atoms with van der Waals surface area (Å²) >= 11 is 0. The standard InChI is InChI=1S/C19H17FN2/c1-14-8-7-9-15(2)22(14)19(20)17-11-4-3-10-16(17)18-12-5-6-13-21(18)19/h3-13H,1-2H3/q+2. The summed E-state index contributed by atoms with van der Waals surface area (Å²) in [5.74, 6) is -1.73. The zero-order chi connectivity index (χ0) is 15.3. The van der Waals surface area contributed by atoms with Crippen molar-refractivity contribution >= 4 is 0 Å². The molecule has 0 N–H and O–H groups in total. The molecule has 0 saturated carbocycles. The van der Waals surface area contributed by atoms with Gasteiger partial charge in [-0.25, -0.2) is 0 Å². The lowest BCUT2D eigenvalue weighted by atomic mass is 10.0. The molecule has 0 amide bonds. The summed E-state index contributed by atoms with van der Waals surface area (Å²) in [6, 6.07) is 19.3. The SMILES string of the molecule is Cc1cccc(C)[n+]1C1(F)c2ccccc2-c2cccc[n+]21. The van der Waals surface area contributed by atoms with Gasteiger partial charge in [0.2, 0.25) is 5.69 Å². The normalized spacial score (nSPS) is 18.9. The van der Waals surface area contributed by atoms with E-state index < -0.39 is 5.92 Å². The number of nitrogens with zero attached hydrogens (tertiary/aromatic N) is 2. The van der Waals surface area contributed by atoms with Gasteiger partial charge < -0.3 is 0 Å². The molecule has 1 aliphatic rings. The van der Waals surface area contributed by atoms with Crippen molar-refractivity contribution in [1.82, 2.24) is 0 Å².